The molecule has 388 valence electrons. The third-order valence-corrected chi connectivity index (χ3v) is 16.9. The molecule has 1 saturated carbocycles. The fraction of sp³-hybridized carbons (Fsp3) is 0.473. The van der Waals surface area contributed by atoms with E-state index in [0.717, 1.165) is 105 Å². The quantitative estimate of drug-likeness (QED) is 0.0846. The van der Waals surface area contributed by atoms with E-state index in [9.17, 15) is 19.8 Å². The number of para-hydroxylation sites is 1. The van der Waals surface area contributed by atoms with Gasteiger partial charge in [0, 0.05) is 100 Å². The Morgan fingerprint density at radius 3 is 2.38 bits per heavy atom. The van der Waals surface area contributed by atoms with Crippen molar-refractivity contribution >= 4 is 46.2 Å². The standard InChI is InChI=1S/C55H66N12O6S/c1-32(2)51(55(71)66-30-41(68)24-46(66)54(70)59-33(3)36-9-11-37(12-10-36)52-34(4)58-31-74-52)48-26-49(62-73-48)64-19-17-63(18-20-64)27-35-21-42(22-35)72-50-23-38(15-16-57-50)67-39-13-14-40(67)29-65(28-39)45-25-44(60-61-53(45)56)43-7-5-6-8-47(43)69/h5-12,15-16,23,25-26,31-33,35,39-42,46,51,68-69H,13-14,17-22,24,27-30H2,1-4H3,(H2,56,61)(H,59,70)/t33-,35-,39?,40?,41+,42-,46-,51-/m0/s1. The predicted molar refractivity (Wildman–Crippen MR) is 284 cm³/mol. The number of nitrogens with one attached hydrogen (secondary N) is 1. The molecule has 6 aromatic rings. The van der Waals surface area contributed by atoms with Gasteiger partial charge in [-0.1, -0.05) is 55.4 Å². The van der Waals surface area contributed by atoms with Gasteiger partial charge in [-0.2, -0.15) is 0 Å². The molecule has 5 fully saturated rings. The SMILES string of the molecule is Cc1ncsc1-c1ccc([C@H](C)NC(=O)[C@@H]2C[C@@H](O)CN2C(=O)[C@H](c2cc(N3CCN(C[C@H]4C[C@H](Oc5cc(N6C7CCC6CN(c6cc(-c8ccccc8O)nnc6N)C7)ccn5)C4)CC3)no2)C(C)C)cc1. The van der Waals surface area contributed by atoms with Crippen molar-refractivity contribution in [3.63, 3.8) is 0 Å². The van der Waals surface area contributed by atoms with Crippen LogP contribution in [0.5, 0.6) is 11.6 Å². The smallest absolute Gasteiger partial charge is 0.243 e. The third kappa shape index (κ3) is 10.1. The molecule has 0 radical (unpaired) electrons. The lowest BCUT2D eigenvalue weighted by Crippen LogP contribution is -2.54. The summed E-state index contributed by atoms with van der Waals surface area (Å²) < 4.78 is 12.4. The van der Waals surface area contributed by atoms with Crippen molar-refractivity contribution in [2.24, 2.45) is 11.8 Å². The number of β-amino-alcohol motifs (C(OH)–C–C–N with tert-alkyl or cyclic N) is 1. The molecule has 18 nitrogen and oxygen atoms in total. The van der Waals surface area contributed by atoms with Gasteiger partial charge in [0.05, 0.1) is 39.6 Å². The van der Waals surface area contributed by atoms with Crippen molar-refractivity contribution in [1.82, 2.24) is 40.4 Å². The lowest BCUT2D eigenvalue weighted by Gasteiger charge is -2.43. The van der Waals surface area contributed by atoms with Gasteiger partial charge in [0.2, 0.25) is 17.7 Å². The topological polar surface area (TPSA) is 216 Å². The monoisotopic (exact) mass is 1020 g/mol. The highest BCUT2D eigenvalue weighted by Gasteiger charge is 2.45. The van der Waals surface area contributed by atoms with Gasteiger partial charge in [0.1, 0.15) is 23.8 Å². The maximum Gasteiger partial charge on any atom is 0.243 e. The summed E-state index contributed by atoms with van der Waals surface area (Å²) in [7, 11) is 0. The number of aromatic hydroxyl groups is 1. The highest BCUT2D eigenvalue weighted by molar-refractivity contribution is 7.13. The second-order valence-corrected chi connectivity index (χ2v) is 22.1. The number of nitrogen functional groups attached to an aromatic ring is 1. The zero-order chi connectivity index (χ0) is 51.2. The number of fused-ring (bicyclic) bond motifs is 2. The Hall–Kier alpha value is -6.83. The van der Waals surface area contributed by atoms with E-state index in [1.54, 1.807) is 23.5 Å². The predicted octanol–water partition coefficient (Wildman–Crippen LogP) is 6.66. The number of hydrogen-bond acceptors (Lipinski definition) is 17. The number of carbonyl (C=O) groups excluding carboxylic acids is 2. The van der Waals surface area contributed by atoms with Gasteiger partial charge in [0.15, 0.2) is 17.4 Å². The number of anilines is 4. The molecule has 74 heavy (non-hydrogen) atoms. The molecule has 11 rings (SSSR count). The van der Waals surface area contributed by atoms with Crippen LogP contribution in [0.15, 0.2) is 89.0 Å². The van der Waals surface area contributed by atoms with E-state index in [4.69, 9.17) is 15.0 Å². The number of phenols is 1. The Labute approximate surface area is 435 Å². The van der Waals surface area contributed by atoms with Crippen LogP contribution >= 0.6 is 11.3 Å². The van der Waals surface area contributed by atoms with E-state index in [0.29, 0.717) is 52.5 Å². The number of nitrogens with zero attached hydrogens (tertiary/aromatic N) is 10. The van der Waals surface area contributed by atoms with E-state index >= 15 is 0 Å². The molecule has 4 aliphatic heterocycles. The number of piperazine rings is 2. The van der Waals surface area contributed by atoms with Gasteiger partial charge in [-0.15, -0.1) is 21.5 Å². The van der Waals surface area contributed by atoms with Crippen molar-refractivity contribution in [1.29, 1.82) is 0 Å². The maximum atomic E-state index is 14.4. The third-order valence-electron chi connectivity index (χ3n) is 15.9. The number of amides is 2. The minimum atomic E-state index is -0.809. The number of pyridine rings is 1. The highest BCUT2D eigenvalue weighted by Crippen LogP contribution is 2.41. The van der Waals surface area contributed by atoms with Gasteiger partial charge in [-0.25, -0.2) is 9.97 Å². The minimum absolute atomic E-state index is 0.0764. The lowest BCUT2D eigenvalue weighted by molar-refractivity contribution is -0.141. The molecule has 5 aliphatic rings. The van der Waals surface area contributed by atoms with E-state index < -0.39 is 18.1 Å². The first-order valence-corrected chi connectivity index (χ1v) is 27.0. The number of ether oxygens (including phenoxy) is 1. The van der Waals surface area contributed by atoms with Crippen LogP contribution in [0.3, 0.4) is 0 Å². The Morgan fingerprint density at radius 1 is 0.905 bits per heavy atom. The Kier molecular flexibility index (Phi) is 13.9. The normalized spacial score (nSPS) is 23.8. The van der Waals surface area contributed by atoms with Crippen LogP contribution in [0.4, 0.5) is 23.0 Å². The van der Waals surface area contributed by atoms with Crippen LogP contribution in [-0.2, 0) is 9.59 Å². The molecule has 2 bridgehead atoms. The molecule has 4 saturated heterocycles. The number of benzene rings is 2. The van der Waals surface area contributed by atoms with Crippen LogP contribution < -0.4 is 30.5 Å². The molecular weight excluding hydrogens is 957 g/mol. The summed E-state index contributed by atoms with van der Waals surface area (Å²) in [5.74, 6) is 1.58. The van der Waals surface area contributed by atoms with Gasteiger partial charge in [-0.3, -0.25) is 14.5 Å². The van der Waals surface area contributed by atoms with Crippen molar-refractivity contribution in [3.8, 4) is 33.3 Å². The van der Waals surface area contributed by atoms with Gasteiger partial charge in [-0.05, 0) is 86.8 Å². The number of phenolic OH excluding ortho intramolecular Hbond substituents is 1. The Morgan fingerprint density at radius 2 is 1.66 bits per heavy atom. The highest BCUT2D eigenvalue weighted by atomic mass is 32.1. The van der Waals surface area contributed by atoms with Crippen molar-refractivity contribution in [3.05, 3.63) is 102 Å². The summed E-state index contributed by atoms with van der Waals surface area (Å²) >= 11 is 1.60. The van der Waals surface area contributed by atoms with E-state index in [2.05, 4.69) is 62.4 Å². The number of aryl methyl sites for hydroxylation is 1. The molecule has 6 atom stereocenters. The number of aliphatic hydroxyl groups excluding tert-OH is 1. The average Bonchev–Trinajstić information content (AvgIpc) is 4.20. The van der Waals surface area contributed by atoms with Crippen LogP contribution in [0.2, 0.25) is 0 Å². The molecule has 19 heteroatoms. The second-order valence-electron chi connectivity index (χ2n) is 21.3. The summed E-state index contributed by atoms with van der Waals surface area (Å²) in [4.78, 5) is 49.4. The van der Waals surface area contributed by atoms with Crippen LogP contribution in [0.25, 0.3) is 21.7 Å². The number of likely N-dealkylation sites (tertiary alicyclic amines) is 1. The summed E-state index contributed by atoms with van der Waals surface area (Å²) in [6.07, 6.45) is 5.45. The maximum absolute atomic E-state index is 14.4. The Bertz CT molecular complexity index is 2940. The molecule has 1 aliphatic carbocycles. The molecule has 8 heterocycles. The van der Waals surface area contributed by atoms with E-state index in [1.165, 1.54) is 4.90 Å². The second kappa shape index (κ2) is 20.8. The molecule has 2 unspecified atom stereocenters. The van der Waals surface area contributed by atoms with E-state index in [-0.39, 0.29) is 48.6 Å². The average molecular weight is 1020 g/mol. The zero-order valence-corrected chi connectivity index (χ0v) is 43.3. The van der Waals surface area contributed by atoms with Crippen LogP contribution in [-0.4, -0.2) is 140 Å². The van der Waals surface area contributed by atoms with Crippen molar-refractivity contribution in [2.75, 3.05) is 72.8 Å². The lowest BCUT2D eigenvalue weighted by atomic mass is 9.82. The van der Waals surface area contributed by atoms with Gasteiger partial charge in [0.25, 0.3) is 0 Å². The van der Waals surface area contributed by atoms with Gasteiger partial charge < -0.3 is 50.1 Å². The first-order chi connectivity index (χ1) is 35.8. The summed E-state index contributed by atoms with van der Waals surface area (Å²) in [6, 6.07) is 22.7. The zero-order valence-electron chi connectivity index (χ0n) is 42.5. The summed E-state index contributed by atoms with van der Waals surface area (Å²) in [5, 5.41) is 37.4. The molecular formula is C55H66N12O6S. The number of rotatable bonds is 15. The van der Waals surface area contributed by atoms with Crippen molar-refractivity contribution in [2.45, 2.75) is 102 Å². The number of hydrogen-bond donors (Lipinski definition) is 4. The fourth-order valence-corrected chi connectivity index (χ4v) is 12.7. The summed E-state index contributed by atoms with van der Waals surface area (Å²) in [6.45, 7) is 13.9. The van der Waals surface area contributed by atoms with Crippen LogP contribution in [0.1, 0.15) is 81.9 Å². The number of aliphatic hydroxyl groups is 1. The molecule has 0 spiro atoms. The van der Waals surface area contributed by atoms with Crippen molar-refractivity contribution < 1.29 is 29.1 Å². The number of thiazole rings is 1. The first kappa shape index (κ1) is 49.4. The summed E-state index contributed by atoms with van der Waals surface area (Å²) in [5.41, 5.74) is 14.4. The number of nitrogens with two attached hydrogens (primary N) is 1. The van der Waals surface area contributed by atoms with Crippen LogP contribution in [0, 0.1) is 18.8 Å². The molecule has 2 aromatic carbocycles. The molecule has 2 amide bonds. The number of aromatic nitrogens is 5. The first-order valence-electron chi connectivity index (χ1n) is 26.1. The van der Waals surface area contributed by atoms with Gasteiger partial charge >= 0.3 is 0 Å². The van der Waals surface area contributed by atoms with E-state index in [1.807, 2.05) is 87.9 Å². The largest absolute Gasteiger partial charge is 0.507 e. The number of carbonyl (C=O) groups is 2. The molecule has 5 N–H and O–H groups in total. The fourth-order valence-electron chi connectivity index (χ4n) is 11.9. The Balaban J connectivity index is 0.642. The molecule has 4 aromatic heterocycles. The minimum Gasteiger partial charge on any atom is -0.507 e.